The van der Waals surface area contributed by atoms with E-state index >= 15 is 0 Å². The summed E-state index contributed by atoms with van der Waals surface area (Å²) in [6, 6.07) is 7.02. The standard InChI is InChI=1S/C21H23N5O3/c1-3-18-19(23-13-29-18)21(28)26-11-4-5-17(26)20(27)24-15-6-8-16(9-7-15)25-12-10-22-14(25)2/h6-10,12-13,17H,3-5,11H2,1-2H3,(H,24,27). The molecule has 8 heteroatoms. The van der Waals surface area contributed by atoms with Crippen LogP contribution >= 0.6 is 0 Å². The molecule has 150 valence electrons. The Morgan fingerprint density at radius 1 is 1.24 bits per heavy atom. The Hall–Kier alpha value is -3.42. The molecule has 4 rings (SSSR count). The molecule has 1 fully saturated rings. The van der Waals surface area contributed by atoms with Gasteiger partial charge in [0.25, 0.3) is 5.91 Å². The fourth-order valence-electron chi connectivity index (χ4n) is 3.70. The van der Waals surface area contributed by atoms with E-state index in [-0.39, 0.29) is 11.8 Å². The van der Waals surface area contributed by atoms with Crippen molar-refractivity contribution in [2.45, 2.75) is 39.2 Å². The average molecular weight is 393 g/mol. The van der Waals surface area contributed by atoms with Crippen LogP contribution < -0.4 is 5.32 Å². The maximum Gasteiger partial charge on any atom is 0.276 e. The van der Waals surface area contributed by atoms with Crippen molar-refractivity contribution < 1.29 is 14.0 Å². The number of likely N-dealkylation sites (tertiary alicyclic amines) is 1. The summed E-state index contributed by atoms with van der Waals surface area (Å²) >= 11 is 0. The number of rotatable bonds is 5. The maximum absolute atomic E-state index is 12.9. The summed E-state index contributed by atoms with van der Waals surface area (Å²) in [6.07, 6.45) is 6.90. The van der Waals surface area contributed by atoms with Gasteiger partial charge in [-0.1, -0.05) is 6.92 Å². The third-order valence-electron chi connectivity index (χ3n) is 5.22. The minimum atomic E-state index is -0.514. The summed E-state index contributed by atoms with van der Waals surface area (Å²) in [6.45, 7) is 4.37. The summed E-state index contributed by atoms with van der Waals surface area (Å²) in [5.74, 6) is 0.996. The lowest BCUT2D eigenvalue weighted by atomic mass is 10.1. The number of carbonyl (C=O) groups is 2. The van der Waals surface area contributed by atoms with Gasteiger partial charge in [0.05, 0.1) is 0 Å². The summed E-state index contributed by atoms with van der Waals surface area (Å²) in [5, 5.41) is 2.93. The highest BCUT2D eigenvalue weighted by molar-refractivity contribution is 6.01. The molecule has 0 spiro atoms. The number of nitrogens with one attached hydrogen (secondary N) is 1. The molecule has 29 heavy (non-hydrogen) atoms. The van der Waals surface area contributed by atoms with E-state index in [0.717, 1.165) is 17.9 Å². The normalized spacial score (nSPS) is 16.2. The van der Waals surface area contributed by atoms with Crippen molar-refractivity contribution in [2.75, 3.05) is 11.9 Å². The van der Waals surface area contributed by atoms with Crippen LogP contribution in [0.15, 0.2) is 47.5 Å². The molecule has 2 aromatic heterocycles. The lowest BCUT2D eigenvalue weighted by Gasteiger charge is -2.23. The van der Waals surface area contributed by atoms with E-state index < -0.39 is 6.04 Å². The summed E-state index contributed by atoms with van der Waals surface area (Å²) in [4.78, 5) is 35.6. The van der Waals surface area contributed by atoms with Crippen molar-refractivity contribution in [1.82, 2.24) is 19.4 Å². The molecular weight excluding hydrogens is 370 g/mol. The van der Waals surface area contributed by atoms with Crippen molar-refractivity contribution in [3.63, 3.8) is 0 Å². The molecule has 1 aliphatic heterocycles. The van der Waals surface area contributed by atoms with Gasteiger partial charge in [0.2, 0.25) is 5.91 Å². The number of hydrogen-bond acceptors (Lipinski definition) is 5. The zero-order valence-corrected chi connectivity index (χ0v) is 16.5. The summed E-state index contributed by atoms with van der Waals surface area (Å²) in [5.41, 5.74) is 1.95. The molecule has 1 unspecified atom stereocenters. The fraction of sp³-hybridized carbons (Fsp3) is 0.333. The van der Waals surface area contributed by atoms with Crippen LogP contribution in [0.25, 0.3) is 5.69 Å². The molecule has 0 saturated carbocycles. The van der Waals surface area contributed by atoms with Crippen molar-refractivity contribution in [2.24, 2.45) is 0 Å². The number of aromatic nitrogens is 3. The zero-order valence-electron chi connectivity index (χ0n) is 16.5. The van der Waals surface area contributed by atoms with Crippen molar-refractivity contribution in [3.05, 3.63) is 60.3 Å². The molecule has 3 heterocycles. The van der Waals surface area contributed by atoms with Crippen LogP contribution in [0, 0.1) is 6.92 Å². The van der Waals surface area contributed by atoms with Gasteiger partial charge in [0.1, 0.15) is 17.6 Å². The topological polar surface area (TPSA) is 93.3 Å². The minimum Gasteiger partial charge on any atom is -0.448 e. The Morgan fingerprint density at radius 2 is 2.03 bits per heavy atom. The zero-order chi connectivity index (χ0) is 20.4. The van der Waals surface area contributed by atoms with Gasteiger partial charge in [0.15, 0.2) is 12.1 Å². The minimum absolute atomic E-state index is 0.191. The second kappa shape index (κ2) is 7.90. The fourth-order valence-corrected chi connectivity index (χ4v) is 3.70. The lowest BCUT2D eigenvalue weighted by molar-refractivity contribution is -0.119. The molecule has 2 amide bonds. The van der Waals surface area contributed by atoms with Gasteiger partial charge >= 0.3 is 0 Å². The van der Waals surface area contributed by atoms with E-state index in [9.17, 15) is 9.59 Å². The van der Waals surface area contributed by atoms with Gasteiger partial charge in [0, 0.05) is 36.7 Å². The molecule has 1 N–H and O–H groups in total. The van der Waals surface area contributed by atoms with Gasteiger partial charge in [-0.05, 0) is 44.0 Å². The highest BCUT2D eigenvalue weighted by Crippen LogP contribution is 2.23. The summed E-state index contributed by atoms with van der Waals surface area (Å²) < 4.78 is 7.23. The number of nitrogens with zero attached hydrogens (tertiary/aromatic N) is 4. The number of oxazole rings is 1. The van der Waals surface area contributed by atoms with Crippen molar-refractivity contribution in [1.29, 1.82) is 0 Å². The average Bonchev–Trinajstić information content (AvgIpc) is 3.48. The second-order valence-electron chi connectivity index (χ2n) is 7.01. The monoisotopic (exact) mass is 393 g/mol. The van der Waals surface area contributed by atoms with Crippen LogP contribution in [-0.2, 0) is 11.2 Å². The van der Waals surface area contributed by atoms with Crippen LogP contribution in [0.4, 0.5) is 5.69 Å². The van der Waals surface area contributed by atoms with Gasteiger partial charge in [-0.3, -0.25) is 9.59 Å². The Balaban J connectivity index is 1.46. The molecule has 8 nitrogen and oxygen atoms in total. The van der Waals surface area contributed by atoms with E-state index in [4.69, 9.17) is 4.42 Å². The number of amides is 2. The Labute approximate surface area is 168 Å². The molecule has 1 saturated heterocycles. The third-order valence-corrected chi connectivity index (χ3v) is 5.22. The molecule has 1 atom stereocenters. The Bertz CT molecular complexity index is 1020. The molecule has 1 aromatic carbocycles. The van der Waals surface area contributed by atoms with Gasteiger partial charge in [-0.25, -0.2) is 9.97 Å². The number of hydrogen-bond donors (Lipinski definition) is 1. The number of carbonyl (C=O) groups excluding carboxylic acids is 2. The molecule has 1 aliphatic rings. The highest BCUT2D eigenvalue weighted by atomic mass is 16.3. The van der Waals surface area contributed by atoms with E-state index in [1.807, 2.05) is 48.9 Å². The third kappa shape index (κ3) is 3.65. The van der Waals surface area contributed by atoms with Crippen LogP contribution in [0.3, 0.4) is 0 Å². The van der Waals surface area contributed by atoms with Gasteiger partial charge in [-0.15, -0.1) is 0 Å². The molecule has 3 aromatic rings. The molecule has 0 bridgehead atoms. The van der Waals surface area contributed by atoms with Crippen LogP contribution in [0.1, 0.15) is 41.8 Å². The molecular formula is C21H23N5O3. The van der Waals surface area contributed by atoms with Crippen LogP contribution in [0.5, 0.6) is 0 Å². The predicted molar refractivity (Wildman–Crippen MR) is 107 cm³/mol. The first kappa shape index (κ1) is 18.9. The second-order valence-corrected chi connectivity index (χ2v) is 7.01. The van der Waals surface area contributed by atoms with E-state index in [1.54, 1.807) is 11.1 Å². The number of benzene rings is 1. The predicted octanol–water partition coefficient (Wildman–Crippen LogP) is 2.97. The van der Waals surface area contributed by atoms with Crippen molar-refractivity contribution in [3.8, 4) is 5.69 Å². The van der Waals surface area contributed by atoms with E-state index in [1.165, 1.54) is 6.39 Å². The Morgan fingerprint density at radius 3 is 2.72 bits per heavy atom. The number of imidazole rings is 1. The maximum atomic E-state index is 12.9. The number of anilines is 1. The van der Waals surface area contributed by atoms with Crippen LogP contribution in [-0.4, -0.2) is 43.8 Å². The first-order valence-corrected chi connectivity index (χ1v) is 9.73. The molecule has 0 radical (unpaired) electrons. The van der Waals surface area contributed by atoms with Crippen LogP contribution in [0.2, 0.25) is 0 Å². The van der Waals surface area contributed by atoms with Gasteiger partial charge in [-0.2, -0.15) is 0 Å². The first-order valence-electron chi connectivity index (χ1n) is 9.73. The Kier molecular flexibility index (Phi) is 5.16. The number of aryl methyl sites for hydroxylation is 2. The van der Waals surface area contributed by atoms with E-state index in [0.29, 0.717) is 36.5 Å². The smallest absolute Gasteiger partial charge is 0.276 e. The SMILES string of the molecule is CCc1ocnc1C(=O)N1CCCC1C(=O)Nc1ccc(-n2ccnc2C)cc1. The highest BCUT2D eigenvalue weighted by Gasteiger charge is 2.36. The molecule has 0 aliphatic carbocycles. The largest absolute Gasteiger partial charge is 0.448 e. The van der Waals surface area contributed by atoms with Crippen molar-refractivity contribution >= 4 is 17.5 Å². The lowest BCUT2D eigenvalue weighted by Crippen LogP contribution is -2.43. The quantitative estimate of drug-likeness (QED) is 0.719. The van der Waals surface area contributed by atoms with E-state index in [2.05, 4.69) is 15.3 Å². The first-order chi connectivity index (χ1) is 14.1. The van der Waals surface area contributed by atoms with Gasteiger partial charge < -0.3 is 19.2 Å². The summed E-state index contributed by atoms with van der Waals surface area (Å²) in [7, 11) is 0.